The molecule has 140 valence electrons. The van der Waals surface area contributed by atoms with Crippen molar-refractivity contribution in [2.45, 2.75) is 71.1 Å². The van der Waals surface area contributed by atoms with E-state index in [2.05, 4.69) is 11.4 Å². The maximum atomic E-state index is 10.4. The zero-order chi connectivity index (χ0) is 18.1. The smallest absolute Gasteiger partial charge is 0.469 e. The zero-order valence-electron chi connectivity index (χ0n) is 14.8. The number of benzene rings is 1. The summed E-state index contributed by atoms with van der Waals surface area (Å²) in [6.07, 6.45) is 12.0. The molecule has 3 N–H and O–H groups in total. The van der Waals surface area contributed by atoms with E-state index in [9.17, 15) is 4.57 Å². The van der Waals surface area contributed by atoms with Crippen LogP contribution in [-0.4, -0.2) is 21.5 Å². The summed E-state index contributed by atoms with van der Waals surface area (Å²) in [6, 6.07) is 8.71. The molecule has 0 saturated heterocycles. The van der Waals surface area contributed by atoms with E-state index in [1.807, 2.05) is 6.07 Å². The van der Waals surface area contributed by atoms with E-state index >= 15 is 0 Å². The van der Waals surface area contributed by atoms with Crippen LogP contribution in [0.2, 0.25) is 0 Å². The fourth-order valence-electron chi connectivity index (χ4n) is 2.20. The third-order valence-corrected chi connectivity index (χ3v) is 4.03. The van der Waals surface area contributed by atoms with Crippen LogP contribution in [0.15, 0.2) is 30.3 Å². The van der Waals surface area contributed by atoms with Gasteiger partial charge in [0.05, 0.1) is 6.61 Å². The standard InChI is InChI=1S/C12H27O4P.C6H6O/c1-2-3-4-5-6-7-8-9-10-11-12-16-17(13,14)15;7-6-4-2-1-3-5-6/h2-12H2,1H3,(H2,13,14,15);1-5,7H. The molecule has 0 unspecified atom stereocenters. The third-order valence-electron chi connectivity index (χ3n) is 3.51. The molecule has 0 bridgehead atoms. The number of hydrogen-bond donors (Lipinski definition) is 3. The Bertz CT molecular complexity index is 419. The van der Waals surface area contributed by atoms with Gasteiger partial charge in [0, 0.05) is 0 Å². The van der Waals surface area contributed by atoms with Gasteiger partial charge in [-0.1, -0.05) is 82.9 Å². The van der Waals surface area contributed by atoms with Gasteiger partial charge in [-0.25, -0.2) is 4.57 Å². The fourth-order valence-corrected chi connectivity index (χ4v) is 2.57. The highest BCUT2D eigenvalue weighted by atomic mass is 31.2. The van der Waals surface area contributed by atoms with Crippen molar-refractivity contribution in [3.05, 3.63) is 30.3 Å². The Morgan fingerprint density at radius 3 is 1.67 bits per heavy atom. The lowest BCUT2D eigenvalue weighted by molar-refractivity contribution is 0.193. The summed E-state index contributed by atoms with van der Waals surface area (Å²) in [5.74, 6) is 0.322. The number of phenols is 1. The molecule has 0 aliphatic rings. The highest BCUT2D eigenvalue weighted by molar-refractivity contribution is 7.46. The first-order valence-corrected chi connectivity index (χ1v) is 10.4. The largest absolute Gasteiger partial charge is 0.508 e. The summed E-state index contributed by atoms with van der Waals surface area (Å²) in [5, 5.41) is 8.63. The molecule has 0 radical (unpaired) electrons. The summed E-state index contributed by atoms with van der Waals surface area (Å²) in [7, 11) is -4.24. The molecule has 0 aliphatic carbocycles. The van der Waals surface area contributed by atoms with Crippen LogP contribution in [0.4, 0.5) is 0 Å². The van der Waals surface area contributed by atoms with Crippen LogP contribution in [0.3, 0.4) is 0 Å². The van der Waals surface area contributed by atoms with Crippen LogP contribution in [0.25, 0.3) is 0 Å². The molecule has 24 heavy (non-hydrogen) atoms. The van der Waals surface area contributed by atoms with Crippen LogP contribution in [0.5, 0.6) is 5.75 Å². The van der Waals surface area contributed by atoms with Crippen LogP contribution in [0, 0.1) is 0 Å². The Morgan fingerprint density at radius 1 is 0.833 bits per heavy atom. The SMILES string of the molecule is CCCCCCCCCCCCOP(=O)(O)O.Oc1ccccc1. The van der Waals surface area contributed by atoms with Crippen molar-refractivity contribution in [3.8, 4) is 5.75 Å². The van der Waals surface area contributed by atoms with Gasteiger partial charge in [-0.3, -0.25) is 4.52 Å². The highest BCUT2D eigenvalue weighted by Crippen LogP contribution is 2.35. The quantitative estimate of drug-likeness (QED) is 0.343. The number of phenolic OH excluding ortho intramolecular Hbond substituents is 1. The van der Waals surface area contributed by atoms with Gasteiger partial charge in [-0.2, -0.15) is 0 Å². The molecule has 0 saturated carbocycles. The second-order valence-corrected chi connectivity index (χ2v) is 7.08. The molecule has 0 spiro atoms. The van der Waals surface area contributed by atoms with Gasteiger partial charge in [0.25, 0.3) is 0 Å². The van der Waals surface area contributed by atoms with Gasteiger partial charge in [-0.15, -0.1) is 0 Å². The van der Waals surface area contributed by atoms with E-state index < -0.39 is 7.82 Å². The second-order valence-electron chi connectivity index (χ2n) is 5.84. The van der Waals surface area contributed by atoms with Gasteiger partial charge < -0.3 is 14.9 Å². The van der Waals surface area contributed by atoms with Crippen molar-refractivity contribution in [2.75, 3.05) is 6.61 Å². The van der Waals surface area contributed by atoms with Crippen LogP contribution >= 0.6 is 7.82 Å². The molecule has 5 nitrogen and oxygen atoms in total. The minimum Gasteiger partial charge on any atom is -0.508 e. The van der Waals surface area contributed by atoms with Gasteiger partial charge in [0.1, 0.15) is 5.75 Å². The van der Waals surface area contributed by atoms with E-state index in [1.54, 1.807) is 24.3 Å². The number of phosphoric acid groups is 1. The first kappa shape index (κ1) is 23.1. The Kier molecular flexibility index (Phi) is 15.1. The lowest BCUT2D eigenvalue weighted by Crippen LogP contribution is -1.92. The predicted molar refractivity (Wildman–Crippen MR) is 97.9 cm³/mol. The van der Waals surface area contributed by atoms with Crippen LogP contribution < -0.4 is 0 Å². The molecule has 1 aromatic carbocycles. The molecule has 0 aromatic heterocycles. The molecule has 6 heteroatoms. The Morgan fingerprint density at radius 2 is 1.29 bits per heavy atom. The summed E-state index contributed by atoms with van der Waals surface area (Å²) in [6.45, 7) is 2.39. The highest BCUT2D eigenvalue weighted by Gasteiger charge is 2.12. The number of hydrogen-bond acceptors (Lipinski definition) is 3. The first-order chi connectivity index (χ1) is 11.5. The predicted octanol–water partition coefficient (Wildman–Crippen LogP) is 5.41. The van der Waals surface area contributed by atoms with Crippen molar-refractivity contribution in [3.63, 3.8) is 0 Å². The van der Waals surface area contributed by atoms with Crippen molar-refractivity contribution >= 4 is 7.82 Å². The average molecular weight is 360 g/mol. The maximum absolute atomic E-state index is 10.4. The Balaban J connectivity index is 0.000000620. The molecule has 0 amide bonds. The summed E-state index contributed by atoms with van der Waals surface area (Å²) in [4.78, 5) is 16.9. The fraction of sp³-hybridized carbons (Fsp3) is 0.667. The minimum absolute atomic E-state index is 0.167. The normalized spacial score (nSPS) is 11.0. The van der Waals surface area contributed by atoms with Crippen LogP contribution in [-0.2, 0) is 9.09 Å². The third kappa shape index (κ3) is 19.2. The average Bonchev–Trinajstić information content (AvgIpc) is 2.53. The van der Waals surface area contributed by atoms with Gasteiger partial charge in [0.15, 0.2) is 0 Å². The van der Waals surface area contributed by atoms with Gasteiger partial charge in [-0.05, 0) is 18.6 Å². The second kappa shape index (κ2) is 15.6. The zero-order valence-corrected chi connectivity index (χ0v) is 15.7. The number of rotatable bonds is 12. The van der Waals surface area contributed by atoms with E-state index in [-0.39, 0.29) is 6.61 Å². The lowest BCUT2D eigenvalue weighted by atomic mass is 10.1. The summed E-state index contributed by atoms with van der Waals surface area (Å²) in [5.41, 5.74) is 0. The monoisotopic (exact) mass is 360 g/mol. The Hall–Kier alpha value is -0.870. The van der Waals surface area contributed by atoms with Crippen molar-refractivity contribution in [1.82, 2.24) is 0 Å². The van der Waals surface area contributed by atoms with E-state index in [1.165, 1.54) is 44.9 Å². The van der Waals surface area contributed by atoms with E-state index in [0.29, 0.717) is 5.75 Å². The number of phosphoric ester groups is 1. The van der Waals surface area contributed by atoms with Gasteiger partial charge >= 0.3 is 7.82 Å². The maximum Gasteiger partial charge on any atom is 0.469 e. The Labute approximate surface area is 146 Å². The molecule has 0 heterocycles. The van der Waals surface area contributed by atoms with Crippen molar-refractivity contribution in [2.24, 2.45) is 0 Å². The minimum atomic E-state index is -4.24. The van der Waals surface area contributed by atoms with Crippen LogP contribution in [0.1, 0.15) is 71.1 Å². The molecular weight excluding hydrogens is 327 g/mol. The van der Waals surface area contributed by atoms with Crippen molar-refractivity contribution < 1.29 is 24.0 Å². The molecule has 0 aliphatic heterocycles. The topological polar surface area (TPSA) is 87.0 Å². The molecular formula is C18H33O5P. The number of para-hydroxylation sites is 1. The lowest BCUT2D eigenvalue weighted by Gasteiger charge is -2.05. The molecule has 1 rings (SSSR count). The van der Waals surface area contributed by atoms with Crippen molar-refractivity contribution in [1.29, 1.82) is 0 Å². The summed E-state index contributed by atoms with van der Waals surface area (Å²) < 4.78 is 14.7. The molecule has 1 aromatic rings. The molecule has 0 fully saturated rings. The van der Waals surface area contributed by atoms with E-state index in [4.69, 9.17) is 14.9 Å². The number of aromatic hydroxyl groups is 1. The molecule has 0 atom stereocenters. The summed E-state index contributed by atoms with van der Waals surface area (Å²) >= 11 is 0. The first-order valence-electron chi connectivity index (χ1n) is 8.90. The van der Waals surface area contributed by atoms with Gasteiger partial charge in [0.2, 0.25) is 0 Å². The van der Waals surface area contributed by atoms with E-state index in [0.717, 1.165) is 19.3 Å². The number of unbranched alkanes of at least 4 members (excludes halogenated alkanes) is 9.